The first-order chi connectivity index (χ1) is 18.3. The number of hydrogen-bond acceptors (Lipinski definition) is 6. The van der Waals surface area contributed by atoms with Gasteiger partial charge in [-0.2, -0.15) is 0 Å². The van der Waals surface area contributed by atoms with Crippen LogP contribution >= 0.6 is 0 Å². The Bertz CT molecular complexity index is 968. The zero-order chi connectivity index (χ0) is 28.9. The van der Waals surface area contributed by atoms with Crippen LogP contribution in [0.1, 0.15) is 86.0 Å². The number of Topliss-reactive ketones (excluding diaryl/α,β-unsaturated/α-hetero) is 1. The van der Waals surface area contributed by atoms with Crippen molar-refractivity contribution in [3.8, 4) is 0 Å². The minimum atomic E-state index is -1.19. The Kier molecular flexibility index (Phi) is 10.1. The van der Waals surface area contributed by atoms with E-state index >= 15 is 0 Å². The third-order valence-corrected chi connectivity index (χ3v) is 7.90. The van der Waals surface area contributed by atoms with Crippen molar-refractivity contribution in [2.75, 3.05) is 13.1 Å². The number of nitrogens with one attached hydrogen (secondary N) is 4. The minimum Gasteiger partial charge on any atom is -0.356 e. The Morgan fingerprint density at radius 2 is 1.62 bits per heavy atom. The van der Waals surface area contributed by atoms with Crippen molar-refractivity contribution in [1.29, 1.82) is 0 Å². The maximum Gasteiger partial charge on any atom is 0.289 e. The molecule has 3 rings (SSSR count). The summed E-state index contributed by atoms with van der Waals surface area (Å²) in [6.07, 6.45) is 5.16. The van der Waals surface area contributed by atoms with Gasteiger partial charge in [0.2, 0.25) is 29.4 Å². The van der Waals surface area contributed by atoms with Crippen molar-refractivity contribution in [1.82, 2.24) is 26.2 Å². The number of ketones is 1. The van der Waals surface area contributed by atoms with Gasteiger partial charge in [0.15, 0.2) is 0 Å². The van der Waals surface area contributed by atoms with Crippen molar-refractivity contribution in [2.24, 2.45) is 17.3 Å². The number of likely N-dealkylation sites (tertiary alicyclic amines) is 1. The fourth-order valence-electron chi connectivity index (χ4n) is 5.66. The fourth-order valence-corrected chi connectivity index (χ4v) is 5.66. The van der Waals surface area contributed by atoms with Gasteiger partial charge in [0.25, 0.3) is 5.91 Å². The first-order valence-corrected chi connectivity index (χ1v) is 14.3. The summed E-state index contributed by atoms with van der Waals surface area (Å²) in [5, 5.41) is 11.0. The lowest BCUT2D eigenvalue weighted by atomic mass is 9.91. The molecule has 0 aromatic heterocycles. The summed E-state index contributed by atoms with van der Waals surface area (Å²) in [7, 11) is 0. The van der Waals surface area contributed by atoms with E-state index in [0.29, 0.717) is 32.4 Å². The molecule has 0 aromatic carbocycles. The van der Waals surface area contributed by atoms with Crippen LogP contribution in [0.3, 0.4) is 0 Å². The lowest BCUT2D eigenvalue weighted by Gasteiger charge is -2.33. The van der Waals surface area contributed by atoms with Gasteiger partial charge in [-0.3, -0.25) is 28.8 Å². The fraction of sp³-hybridized carbons (Fsp3) is 0.786. The van der Waals surface area contributed by atoms with Crippen LogP contribution in [0.15, 0.2) is 0 Å². The quantitative estimate of drug-likeness (QED) is 0.297. The molecule has 0 spiro atoms. The molecule has 218 valence electrons. The molecule has 11 nitrogen and oxygen atoms in total. The SMILES string of the molecule is CC(C)NC(=O)C(=O)C(CC1CCNC1=O)NC(=O)C1CCCN1C(=O)C(NC(=O)C(C)(C)C)C1CCCC1. The van der Waals surface area contributed by atoms with Crippen molar-refractivity contribution in [2.45, 2.75) is 110 Å². The van der Waals surface area contributed by atoms with Crippen molar-refractivity contribution in [3.63, 3.8) is 0 Å². The van der Waals surface area contributed by atoms with Crippen LogP contribution in [0, 0.1) is 17.3 Å². The summed E-state index contributed by atoms with van der Waals surface area (Å²) in [5.41, 5.74) is -0.671. The van der Waals surface area contributed by atoms with Crippen LogP contribution < -0.4 is 21.3 Å². The summed E-state index contributed by atoms with van der Waals surface area (Å²) in [5.74, 6) is -3.36. The predicted octanol–water partition coefficient (Wildman–Crippen LogP) is 0.803. The smallest absolute Gasteiger partial charge is 0.289 e. The molecule has 1 aliphatic carbocycles. The number of amides is 5. The molecule has 5 amide bonds. The van der Waals surface area contributed by atoms with Crippen LogP contribution in [0.5, 0.6) is 0 Å². The lowest BCUT2D eigenvalue weighted by molar-refractivity contribution is -0.145. The molecule has 4 unspecified atom stereocenters. The molecule has 0 aromatic rings. The highest BCUT2D eigenvalue weighted by molar-refractivity contribution is 6.38. The highest BCUT2D eigenvalue weighted by Crippen LogP contribution is 2.31. The summed E-state index contributed by atoms with van der Waals surface area (Å²) >= 11 is 0. The molecule has 3 aliphatic rings. The second kappa shape index (κ2) is 12.9. The highest BCUT2D eigenvalue weighted by Gasteiger charge is 2.43. The van der Waals surface area contributed by atoms with Gasteiger partial charge in [-0.05, 0) is 58.3 Å². The van der Waals surface area contributed by atoms with E-state index in [2.05, 4.69) is 21.3 Å². The Balaban J connectivity index is 1.77. The van der Waals surface area contributed by atoms with E-state index < -0.39 is 47.1 Å². The van der Waals surface area contributed by atoms with E-state index in [1.54, 1.807) is 34.6 Å². The molecule has 0 bridgehead atoms. The number of hydrogen-bond donors (Lipinski definition) is 4. The second-order valence-corrected chi connectivity index (χ2v) is 12.5. The molecule has 3 fully saturated rings. The first kappa shape index (κ1) is 30.6. The number of nitrogens with zero attached hydrogens (tertiary/aromatic N) is 1. The van der Waals surface area contributed by atoms with Gasteiger partial charge in [0.05, 0.1) is 6.04 Å². The average molecular weight is 548 g/mol. The maximum atomic E-state index is 13.8. The van der Waals surface area contributed by atoms with E-state index in [-0.39, 0.29) is 36.1 Å². The number of rotatable bonds is 10. The van der Waals surface area contributed by atoms with Gasteiger partial charge in [-0.1, -0.05) is 33.6 Å². The van der Waals surface area contributed by atoms with E-state index in [4.69, 9.17) is 0 Å². The molecule has 1 saturated carbocycles. The molecule has 39 heavy (non-hydrogen) atoms. The molecule has 11 heteroatoms. The topological polar surface area (TPSA) is 154 Å². The molecule has 2 saturated heterocycles. The van der Waals surface area contributed by atoms with Crippen LogP contribution in [0.2, 0.25) is 0 Å². The monoisotopic (exact) mass is 547 g/mol. The van der Waals surface area contributed by atoms with E-state index in [1.165, 1.54) is 4.90 Å². The van der Waals surface area contributed by atoms with E-state index in [0.717, 1.165) is 25.7 Å². The number of carbonyl (C=O) groups is 6. The van der Waals surface area contributed by atoms with Gasteiger partial charge in [0.1, 0.15) is 12.1 Å². The maximum absolute atomic E-state index is 13.8. The molecule has 0 radical (unpaired) electrons. The zero-order valence-corrected chi connectivity index (χ0v) is 23.9. The van der Waals surface area contributed by atoms with Crippen molar-refractivity contribution >= 4 is 35.3 Å². The Morgan fingerprint density at radius 3 is 2.18 bits per heavy atom. The molecular weight excluding hydrogens is 502 g/mol. The largest absolute Gasteiger partial charge is 0.356 e. The van der Waals surface area contributed by atoms with Crippen molar-refractivity contribution < 1.29 is 28.8 Å². The van der Waals surface area contributed by atoms with Crippen LogP contribution in [0.25, 0.3) is 0 Å². The molecular formula is C28H45N5O6. The van der Waals surface area contributed by atoms with Crippen molar-refractivity contribution in [3.05, 3.63) is 0 Å². The average Bonchev–Trinajstić information content (AvgIpc) is 3.62. The first-order valence-electron chi connectivity index (χ1n) is 14.3. The minimum absolute atomic E-state index is 0.00282. The Labute approximate surface area is 231 Å². The van der Waals surface area contributed by atoms with E-state index in [1.807, 2.05) is 0 Å². The zero-order valence-electron chi connectivity index (χ0n) is 23.9. The summed E-state index contributed by atoms with van der Waals surface area (Å²) in [4.78, 5) is 79.5. The predicted molar refractivity (Wildman–Crippen MR) is 144 cm³/mol. The summed E-state index contributed by atoms with van der Waals surface area (Å²) in [6, 6.07) is -3.00. The molecule has 2 heterocycles. The van der Waals surface area contributed by atoms with Gasteiger partial charge >= 0.3 is 0 Å². The molecule has 4 atom stereocenters. The van der Waals surface area contributed by atoms with Gasteiger partial charge in [-0.15, -0.1) is 0 Å². The lowest BCUT2D eigenvalue weighted by Crippen LogP contribution is -2.58. The Hall–Kier alpha value is -2.98. The summed E-state index contributed by atoms with van der Waals surface area (Å²) in [6.45, 7) is 9.67. The third-order valence-electron chi connectivity index (χ3n) is 7.90. The standard InChI is InChI=1S/C28H45N5O6/c1-16(2)30-25(37)22(34)19(15-18-12-13-29-23(18)35)31-24(36)20-11-8-14-33(20)26(38)21(17-9-6-7-10-17)32-27(39)28(3,4)5/h16-21H,6-15H2,1-5H3,(H,29,35)(H,30,37)(H,31,36)(H,32,39). The second-order valence-electron chi connectivity index (χ2n) is 12.5. The van der Waals surface area contributed by atoms with Gasteiger partial charge < -0.3 is 26.2 Å². The van der Waals surface area contributed by atoms with Crippen LogP contribution in [0.4, 0.5) is 0 Å². The van der Waals surface area contributed by atoms with Gasteiger partial charge in [-0.25, -0.2) is 0 Å². The normalized spacial score (nSPS) is 23.3. The van der Waals surface area contributed by atoms with Gasteiger partial charge in [0, 0.05) is 30.5 Å². The Morgan fingerprint density at radius 1 is 0.949 bits per heavy atom. The summed E-state index contributed by atoms with van der Waals surface area (Å²) < 4.78 is 0. The molecule has 4 N–H and O–H groups in total. The van der Waals surface area contributed by atoms with Crippen LogP contribution in [-0.2, 0) is 28.8 Å². The molecule has 2 aliphatic heterocycles. The van der Waals surface area contributed by atoms with E-state index in [9.17, 15) is 28.8 Å². The highest BCUT2D eigenvalue weighted by atomic mass is 16.2. The number of carbonyl (C=O) groups excluding carboxylic acids is 6. The van der Waals surface area contributed by atoms with Crippen LogP contribution in [-0.4, -0.2) is 77.5 Å². The third kappa shape index (κ3) is 7.79.